The molecule has 2 aliphatic carbocycles. The van der Waals surface area contributed by atoms with E-state index in [0.717, 1.165) is 48.9 Å². The summed E-state index contributed by atoms with van der Waals surface area (Å²) in [7, 11) is 0. The van der Waals surface area contributed by atoms with Crippen molar-refractivity contribution in [3.05, 3.63) is 83.3 Å². The van der Waals surface area contributed by atoms with Crippen LogP contribution in [0, 0.1) is 11.7 Å². The molecule has 3 aliphatic rings. The highest BCUT2D eigenvalue weighted by Crippen LogP contribution is 2.32. The molecule has 3 aromatic rings. The second kappa shape index (κ2) is 15.0. The van der Waals surface area contributed by atoms with E-state index in [1.165, 1.54) is 6.07 Å². The Bertz CT molecular complexity index is 1460. The van der Waals surface area contributed by atoms with Crippen molar-refractivity contribution in [2.24, 2.45) is 5.92 Å². The summed E-state index contributed by atoms with van der Waals surface area (Å²) >= 11 is 1.88. The third-order valence-electron chi connectivity index (χ3n) is 8.52. The summed E-state index contributed by atoms with van der Waals surface area (Å²) in [5, 5.41) is 6.21. The number of amides is 2. The molecule has 0 unspecified atom stereocenters. The number of nitrogens with zero attached hydrogens (tertiary/aromatic N) is 1. The molecule has 238 valence electrons. The van der Waals surface area contributed by atoms with Crippen LogP contribution in [0.15, 0.2) is 60.8 Å². The molecule has 45 heavy (non-hydrogen) atoms. The first kappa shape index (κ1) is 31.2. The molecular weight excluding hydrogens is 593 g/mol. The molecule has 1 aromatic heterocycles. The van der Waals surface area contributed by atoms with E-state index in [1.54, 1.807) is 18.2 Å². The van der Waals surface area contributed by atoms with Gasteiger partial charge in [0.05, 0.1) is 18.4 Å². The lowest BCUT2D eigenvalue weighted by molar-refractivity contribution is 0.0883. The standard InChI is InChI=1S/C35H40FN3O5S/c36-25-18-31(35(37-20-25)44-28-14-16-45-17-15-28)34(41)39-27-10-8-26(9-11-27)38-33(40)30-13-12-29(19-32(30)43-22-24-6-7-24)42-21-23-4-2-1-3-5-23/h1-5,12-13,18-20,24,26-28H,6-11,14-17,21-22H2,(H,38,40)(H,39,41). The van der Waals surface area contributed by atoms with Crippen LogP contribution in [0.5, 0.6) is 17.4 Å². The molecule has 0 spiro atoms. The molecule has 3 fully saturated rings. The molecule has 2 aromatic carbocycles. The first-order valence-electron chi connectivity index (χ1n) is 16.0. The quantitative estimate of drug-likeness (QED) is 0.240. The molecule has 2 saturated carbocycles. The largest absolute Gasteiger partial charge is 0.492 e. The lowest BCUT2D eigenvalue weighted by atomic mass is 9.90. The Labute approximate surface area is 267 Å². The summed E-state index contributed by atoms with van der Waals surface area (Å²) in [6, 6.07) is 16.4. The second-order valence-corrected chi connectivity index (χ2v) is 13.3. The van der Waals surface area contributed by atoms with Crippen LogP contribution in [-0.2, 0) is 6.61 Å². The minimum atomic E-state index is -0.575. The fourth-order valence-electron chi connectivity index (χ4n) is 5.68. The van der Waals surface area contributed by atoms with Crippen molar-refractivity contribution in [2.45, 2.75) is 76.2 Å². The smallest absolute Gasteiger partial charge is 0.257 e. The number of benzene rings is 2. The van der Waals surface area contributed by atoms with Crippen LogP contribution in [0.1, 0.15) is 77.6 Å². The highest BCUT2D eigenvalue weighted by Gasteiger charge is 2.28. The van der Waals surface area contributed by atoms with Crippen LogP contribution in [0.3, 0.4) is 0 Å². The Kier molecular flexibility index (Phi) is 10.4. The zero-order chi connectivity index (χ0) is 31.0. The molecular formula is C35H40FN3O5S. The van der Waals surface area contributed by atoms with Crippen molar-refractivity contribution < 1.29 is 28.2 Å². The van der Waals surface area contributed by atoms with Gasteiger partial charge in [0.1, 0.15) is 35.6 Å². The normalized spacial score (nSPS) is 20.2. The van der Waals surface area contributed by atoms with Gasteiger partial charge in [-0.1, -0.05) is 30.3 Å². The SMILES string of the molecule is O=C(NC1CCC(NC(=O)c2cc(F)cnc2OC2CCSCC2)CC1)c1ccc(OCc2ccccc2)cc1OCC1CC1. The predicted molar refractivity (Wildman–Crippen MR) is 172 cm³/mol. The monoisotopic (exact) mass is 633 g/mol. The minimum Gasteiger partial charge on any atom is -0.492 e. The van der Waals surface area contributed by atoms with E-state index in [9.17, 15) is 14.0 Å². The molecule has 1 aliphatic heterocycles. The number of nitrogens with one attached hydrogen (secondary N) is 2. The number of rotatable bonds is 12. The topological polar surface area (TPSA) is 98.8 Å². The second-order valence-electron chi connectivity index (χ2n) is 12.1. The number of halogens is 1. The summed E-state index contributed by atoms with van der Waals surface area (Å²) in [4.78, 5) is 30.7. The van der Waals surface area contributed by atoms with E-state index in [4.69, 9.17) is 14.2 Å². The van der Waals surface area contributed by atoms with Gasteiger partial charge < -0.3 is 24.8 Å². The number of hydrogen-bond acceptors (Lipinski definition) is 7. The Balaban J connectivity index is 1.03. The van der Waals surface area contributed by atoms with Crippen LogP contribution in [-0.4, -0.2) is 53.1 Å². The summed E-state index contributed by atoms with van der Waals surface area (Å²) in [6.45, 7) is 1.01. The zero-order valence-corrected chi connectivity index (χ0v) is 26.2. The molecule has 2 amide bonds. The Morgan fingerprint density at radius 1 is 0.822 bits per heavy atom. The number of carbonyl (C=O) groups is 2. The van der Waals surface area contributed by atoms with Crippen molar-refractivity contribution in [1.82, 2.24) is 15.6 Å². The van der Waals surface area contributed by atoms with Gasteiger partial charge in [-0.15, -0.1) is 0 Å². The highest BCUT2D eigenvalue weighted by atomic mass is 32.2. The fourth-order valence-corrected chi connectivity index (χ4v) is 6.74. The van der Waals surface area contributed by atoms with Crippen molar-refractivity contribution in [1.29, 1.82) is 0 Å². The average Bonchev–Trinajstić information content (AvgIpc) is 3.90. The summed E-state index contributed by atoms with van der Waals surface area (Å²) < 4.78 is 32.2. The molecule has 0 atom stereocenters. The van der Waals surface area contributed by atoms with Gasteiger partial charge in [-0.3, -0.25) is 9.59 Å². The van der Waals surface area contributed by atoms with Crippen molar-refractivity contribution in [3.63, 3.8) is 0 Å². The van der Waals surface area contributed by atoms with E-state index in [-0.39, 0.29) is 41.4 Å². The molecule has 10 heteroatoms. The molecule has 8 nitrogen and oxygen atoms in total. The maximum absolute atomic E-state index is 14.1. The molecule has 0 bridgehead atoms. The number of ether oxygens (including phenoxy) is 3. The van der Waals surface area contributed by atoms with Gasteiger partial charge in [-0.2, -0.15) is 11.8 Å². The molecule has 2 heterocycles. The Morgan fingerprint density at radius 3 is 2.20 bits per heavy atom. The van der Waals surface area contributed by atoms with Crippen LogP contribution in [0.4, 0.5) is 4.39 Å². The van der Waals surface area contributed by atoms with E-state index in [1.807, 2.05) is 42.1 Å². The van der Waals surface area contributed by atoms with E-state index >= 15 is 0 Å². The first-order chi connectivity index (χ1) is 22.0. The number of carbonyl (C=O) groups excluding carboxylic acids is 2. The van der Waals surface area contributed by atoms with Crippen molar-refractivity contribution >= 4 is 23.6 Å². The molecule has 2 N–H and O–H groups in total. The van der Waals surface area contributed by atoms with Gasteiger partial charge in [0.2, 0.25) is 5.88 Å². The first-order valence-corrected chi connectivity index (χ1v) is 17.1. The van der Waals surface area contributed by atoms with Gasteiger partial charge in [-0.05, 0) is 92.6 Å². The number of pyridine rings is 1. The van der Waals surface area contributed by atoms with Gasteiger partial charge in [0, 0.05) is 18.2 Å². The van der Waals surface area contributed by atoms with Crippen LogP contribution in [0.2, 0.25) is 0 Å². The summed E-state index contributed by atoms with van der Waals surface area (Å²) in [6.07, 6.45) is 7.90. The summed E-state index contributed by atoms with van der Waals surface area (Å²) in [5.41, 5.74) is 1.67. The summed E-state index contributed by atoms with van der Waals surface area (Å²) in [5.74, 6) is 2.75. The van der Waals surface area contributed by atoms with Gasteiger partial charge in [0.15, 0.2) is 0 Å². The third-order valence-corrected chi connectivity index (χ3v) is 9.57. The van der Waals surface area contributed by atoms with Crippen LogP contribution < -0.4 is 24.8 Å². The minimum absolute atomic E-state index is 0.0209. The third kappa shape index (κ3) is 8.90. The average molecular weight is 634 g/mol. The maximum atomic E-state index is 14.1. The fraction of sp³-hybridized carbons (Fsp3) is 0.457. The Morgan fingerprint density at radius 2 is 1.51 bits per heavy atom. The predicted octanol–water partition coefficient (Wildman–Crippen LogP) is 6.33. The van der Waals surface area contributed by atoms with E-state index < -0.39 is 5.82 Å². The molecule has 0 radical (unpaired) electrons. The highest BCUT2D eigenvalue weighted by molar-refractivity contribution is 7.99. The Hall–Kier alpha value is -3.79. The number of aromatic nitrogens is 1. The van der Waals surface area contributed by atoms with Gasteiger partial charge in [0.25, 0.3) is 11.8 Å². The number of hydrogen-bond donors (Lipinski definition) is 2. The molecule has 1 saturated heterocycles. The maximum Gasteiger partial charge on any atom is 0.257 e. The van der Waals surface area contributed by atoms with Crippen LogP contribution >= 0.6 is 11.8 Å². The van der Waals surface area contributed by atoms with Crippen molar-refractivity contribution in [2.75, 3.05) is 18.1 Å². The lowest BCUT2D eigenvalue weighted by Crippen LogP contribution is -2.44. The number of thioether (sulfide) groups is 1. The zero-order valence-electron chi connectivity index (χ0n) is 25.3. The van der Waals surface area contributed by atoms with E-state index in [2.05, 4.69) is 15.6 Å². The van der Waals surface area contributed by atoms with E-state index in [0.29, 0.717) is 61.9 Å². The van der Waals surface area contributed by atoms with Crippen LogP contribution in [0.25, 0.3) is 0 Å². The van der Waals surface area contributed by atoms with Gasteiger partial charge in [-0.25, -0.2) is 9.37 Å². The lowest BCUT2D eigenvalue weighted by Gasteiger charge is -2.30. The molecule has 6 rings (SSSR count). The van der Waals surface area contributed by atoms with Gasteiger partial charge >= 0.3 is 0 Å². The van der Waals surface area contributed by atoms with Crippen molar-refractivity contribution in [3.8, 4) is 17.4 Å².